The number of amides is 2. The number of aromatic nitrogens is 2. The van der Waals surface area contributed by atoms with Gasteiger partial charge >= 0.3 is 0 Å². The summed E-state index contributed by atoms with van der Waals surface area (Å²) >= 11 is 6.37. The van der Waals surface area contributed by atoms with Gasteiger partial charge in [-0.3, -0.25) is 14.3 Å². The average Bonchev–Trinajstić information content (AvgIpc) is 2.81. The minimum Gasteiger partial charge on any atom is -0.359 e. The summed E-state index contributed by atoms with van der Waals surface area (Å²) in [5.41, 5.74) is 4.20. The quantitative estimate of drug-likeness (QED) is 0.854. The molecule has 2 N–H and O–H groups in total. The van der Waals surface area contributed by atoms with Crippen molar-refractivity contribution in [1.82, 2.24) is 15.1 Å². The smallest absolute Gasteiger partial charge is 0.239 e. The second-order valence-electron chi connectivity index (χ2n) is 6.44. The van der Waals surface area contributed by atoms with Gasteiger partial charge in [-0.2, -0.15) is 5.10 Å². The molecular formula is C18H22ClN5O2. The van der Waals surface area contributed by atoms with Gasteiger partial charge < -0.3 is 15.5 Å². The molecule has 1 fully saturated rings. The maximum absolute atomic E-state index is 12.4. The van der Waals surface area contributed by atoms with Gasteiger partial charge in [-0.25, -0.2) is 0 Å². The Hall–Kier alpha value is -2.54. The van der Waals surface area contributed by atoms with Crippen LogP contribution >= 0.6 is 11.6 Å². The summed E-state index contributed by atoms with van der Waals surface area (Å²) in [7, 11) is 1.86. The Morgan fingerprint density at radius 1 is 1.38 bits per heavy atom. The number of benzene rings is 1. The number of nitrogens with zero attached hydrogens (tertiary/aromatic N) is 3. The molecule has 3 rings (SSSR count). The van der Waals surface area contributed by atoms with Crippen molar-refractivity contribution in [2.45, 2.75) is 20.3 Å². The molecule has 0 spiro atoms. The summed E-state index contributed by atoms with van der Waals surface area (Å²) < 4.78 is 1.78. The second-order valence-corrected chi connectivity index (χ2v) is 6.84. The molecule has 2 aromatic rings. The molecule has 8 heteroatoms. The molecule has 1 saturated heterocycles. The van der Waals surface area contributed by atoms with E-state index in [1.54, 1.807) is 16.8 Å². The molecule has 0 bridgehead atoms. The normalized spacial score (nSPS) is 14.3. The van der Waals surface area contributed by atoms with E-state index in [9.17, 15) is 9.59 Å². The Bertz CT molecular complexity index is 862. The first-order valence-corrected chi connectivity index (χ1v) is 8.83. The Morgan fingerprint density at radius 3 is 2.77 bits per heavy atom. The third-order valence-corrected chi connectivity index (χ3v) is 4.91. The van der Waals surface area contributed by atoms with E-state index in [-0.39, 0.29) is 24.8 Å². The van der Waals surface area contributed by atoms with E-state index in [0.29, 0.717) is 23.8 Å². The molecule has 0 saturated carbocycles. The lowest BCUT2D eigenvalue weighted by Gasteiger charge is -2.29. The van der Waals surface area contributed by atoms with Gasteiger partial charge in [0.25, 0.3) is 0 Å². The van der Waals surface area contributed by atoms with Gasteiger partial charge in [-0.1, -0.05) is 11.6 Å². The number of hydrogen-bond acceptors (Lipinski definition) is 4. The monoisotopic (exact) mass is 375 g/mol. The van der Waals surface area contributed by atoms with Crippen molar-refractivity contribution in [2.75, 3.05) is 29.9 Å². The first-order valence-electron chi connectivity index (χ1n) is 8.45. The van der Waals surface area contributed by atoms with Crippen LogP contribution in [0.15, 0.2) is 18.2 Å². The number of anilines is 2. The van der Waals surface area contributed by atoms with E-state index in [2.05, 4.69) is 15.7 Å². The highest BCUT2D eigenvalue weighted by Gasteiger charge is 2.19. The number of rotatable bonds is 4. The largest absolute Gasteiger partial charge is 0.359 e. The van der Waals surface area contributed by atoms with Crippen LogP contribution in [0, 0.1) is 13.8 Å². The van der Waals surface area contributed by atoms with Crippen molar-refractivity contribution < 1.29 is 9.59 Å². The van der Waals surface area contributed by atoms with Crippen molar-refractivity contribution in [3.05, 3.63) is 40.2 Å². The molecule has 7 nitrogen and oxygen atoms in total. The molecule has 2 heterocycles. The van der Waals surface area contributed by atoms with E-state index < -0.39 is 0 Å². The molecule has 2 amide bonds. The van der Waals surface area contributed by atoms with Gasteiger partial charge in [0.05, 0.1) is 29.4 Å². The molecular weight excluding hydrogens is 354 g/mol. The fraction of sp³-hybridized carbons (Fsp3) is 0.389. The second kappa shape index (κ2) is 7.37. The number of halogens is 1. The zero-order valence-corrected chi connectivity index (χ0v) is 15.9. The Morgan fingerprint density at radius 2 is 2.15 bits per heavy atom. The molecule has 1 aliphatic rings. The van der Waals surface area contributed by atoms with Gasteiger partial charge in [-0.15, -0.1) is 0 Å². The molecule has 138 valence electrons. The predicted octanol–water partition coefficient (Wildman–Crippen LogP) is 1.81. The average molecular weight is 376 g/mol. The van der Waals surface area contributed by atoms with Crippen LogP contribution in [-0.4, -0.2) is 41.2 Å². The standard InChI is InChI=1S/C18H22ClN5O2/c1-11-14(12(2)23(3)22-11)9-17(25)21-13-4-5-16(15(19)8-13)24-7-6-20-18(26)10-24/h4-5,8H,6-7,9-10H2,1-3H3,(H,20,26)(H,21,25). The van der Waals surface area contributed by atoms with Crippen LogP contribution in [-0.2, 0) is 23.1 Å². The number of carbonyl (C=O) groups excluding carboxylic acids is 2. The number of aryl methyl sites for hydroxylation is 2. The molecule has 0 atom stereocenters. The minimum absolute atomic E-state index is 0.0214. The maximum Gasteiger partial charge on any atom is 0.239 e. The van der Waals surface area contributed by atoms with Crippen LogP contribution in [0.5, 0.6) is 0 Å². The lowest BCUT2D eigenvalue weighted by Crippen LogP contribution is -2.47. The van der Waals surface area contributed by atoms with Crippen LogP contribution in [0.3, 0.4) is 0 Å². The lowest BCUT2D eigenvalue weighted by atomic mass is 10.1. The van der Waals surface area contributed by atoms with E-state index >= 15 is 0 Å². The molecule has 1 aromatic heterocycles. The zero-order chi connectivity index (χ0) is 18.8. The fourth-order valence-corrected chi connectivity index (χ4v) is 3.42. The van der Waals surface area contributed by atoms with Crippen molar-refractivity contribution in [1.29, 1.82) is 0 Å². The van der Waals surface area contributed by atoms with Crippen LogP contribution < -0.4 is 15.5 Å². The molecule has 0 radical (unpaired) electrons. The predicted molar refractivity (Wildman–Crippen MR) is 102 cm³/mol. The topological polar surface area (TPSA) is 79.3 Å². The van der Waals surface area contributed by atoms with Crippen molar-refractivity contribution in [3.8, 4) is 0 Å². The lowest BCUT2D eigenvalue weighted by molar-refractivity contribution is -0.120. The molecule has 26 heavy (non-hydrogen) atoms. The summed E-state index contributed by atoms with van der Waals surface area (Å²) in [5, 5.41) is 10.5. The third kappa shape index (κ3) is 3.83. The number of nitrogens with one attached hydrogen (secondary N) is 2. The van der Waals surface area contributed by atoms with Gasteiger partial charge in [0.1, 0.15) is 0 Å². The SMILES string of the molecule is Cc1nn(C)c(C)c1CC(=O)Nc1ccc(N2CCNC(=O)C2)c(Cl)c1. The van der Waals surface area contributed by atoms with Gasteiger partial charge in [0.15, 0.2) is 0 Å². The number of hydrogen-bond donors (Lipinski definition) is 2. The first kappa shape index (κ1) is 18.3. The molecule has 1 aromatic carbocycles. The van der Waals surface area contributed by atoms with Crippen molar-refractivity contribution in [3.63, 3.8) is 0 Å². The van der Waals surface area contributed by atoms with Gasteiger partial charge in [0.2, 0.25) is 11.8 Å². The molecule has 0 aliphatic carbocycles. The highest BCUT2D eigenvalue weighted by molar-refractivity contribution is 6.33. The maximum atomic E-state index is 12.4. The van der Waals surface area contributed by atoms with Crippen LogP contribution in [0.25, 0.3) is 0 Å². The van der Waals surface area contributed by atoms with Crippen LogP contribution in [0.1, 0.15) is 17.0 Å². The van der Waals surface area contributed by atoms with Gasteiger partial charge in [-0.05, 0) is 32.0 Å². The minimum atomic E-state index is -0.120. The fourth-order valence-electron chi connectivity index (χ4n) is 3.12. The van der Waals surface area contributed by atoms with E-state index in [1.807, 2.05) is 31.9 Å². The summed E-state index contributed by atoms with van der Waals surface area (Å²) in [6, 6.07) is 5.34. The summed E-state index contributed by atoms with van der Waals surface area (Å²) in [6.07, 6.45) is 0.261. The molecule has 0 unspecified atom stereocenters. The van der Waals surface area contributed by atoms with Crippen molar-refractivity contribution in [2.24, 2.45) is 7.05 Å². The first-order chi connectivity index (χ1) is 12.3. The molecule has 1 aliphatic heterocycles. The van der Waals surface area contributed by atoms with E-state index in [1.165, 1.54) is 0 Å². The van der Waals surface area contributed by atoms with Crippen LogP contribution in [0.4, 0.5) is 11.4 Å². The Kier molecular flexibility index (Phi) is 5.18. The van der Waals surface area contributed by atoms with Crippen molar-refractivity contribution >= 4 is 34.8 Å². The number of carbonyl (C=O) groups is 2. The summed E-state index contributed by atoms with van der Waals surface area (Å²) in [4.78, 5) is 25.8. The van der Waals surface area contributed by atoms with Gasteiger partial charge in [0, 0.05) is 37.1 Å². The Labute approximate surface area is 157 Å². The van der Waals surface area contributed by atoms with E-state index in [0.717, 1.165) is 22.6 Å². The number of piperazine rings is 1. The highest BCUT2D eigenvalue weighted by atomic mass is 35.5. The van der Waals surface area contributed by atoms with E-state index in [4.69, 9.17) is 11.6 Å². The Balaban J connectivity index is 1.69. The van der Waals surface area contributed by atoms with Crippen LogP contribution in [0.2, 0.25) is 5.02 Å². The summed E-state index contributed by atoms with van der Waals surface area (Å²) in [5.74, 6) is -0.141. The zero-order valence-electron chi connectivity index (χ0n) is 15.1. The third-order valence-electron chi connectivity index (χ3n) is 4.61. The summed E-state index contributed by atoms with van der Waals surface area (Å²) in [6.45, 7) is 5.43. The highest BCUT2D eigenvalue weighted by Crippen LogP contribution is 2.29.